The number of halogens is 1. The molecule has 0 bridgehead atoms. The zero-order valence-electron chi connectivity index (χ0n) is 23.9. The summed E-state index contributed by atoms with van der Waals surface area (Å²) in [6.07, 6.45) is 11.7. The number of nitrogens with zero attached hydrogens (tertiary/aromatic N) is 4. The van der Waals surface area contributed by atoms with Gasteiger partial charge in [0.2, 0.25) is 11.9 Å². The second-order valence-corrected chi connectivity index (χ2v) is 11.6. The lowest BCUT2D eigenvalue weighted by molar-refractivity contribution is -0.111. The van der Waals surface area contributed by atoms with Gasteiger partial charge in [0.15, 0.2) is 0 Å². The van der Waals surface area contributed by atoms with Crippen molar-refractivity contribution in [3.8, 4) is 11.3 Å². The predicted molar refractivity (Wildman–Crippen MR) is 167 cm³/mol. The van der Waals surface area contributed by atoms with Gasteiger partial charge in [0.1, 0.15) is 5.69 Å². The zero-order valence-corrected chi connectivity index (χ0v) is 24.7. The van der Waals surface area contributed by atoms with Crippen LogP contribution in [0.1, 0.15) is 43.1 Å². The standard InChI is InChI=1S/C31H35ClN8O2/c1-31(39-29(42)26-13-12-21(17-33-26)36-27(41)11-7-15-40(2)3)14-6-8-20(16-31)37-30-35-19-24(32)28(38-30)23-18-34-25-10-5-4-9-22(23)25/h4-5,7,9-13,17-20,34H,6,8,14-16H2,1-3H3,(H,36,41)(H,39,42)(H,35,37,38)/b11-7-/t20?,31-/m0/s1. The lowest BCUT2D eigenvalue weighted by Gasteiger charge is -2.39. The van der Waals surface area contributed by atoms with Gasteiger partial charge < -0.3 is 25.8 Å². The highest BCUT2D eigenvalue weighted by molar-refractivity contribution is 6.33. The molecule has 2 atom stereocenters. The highest BCUT2D eigenvalue weighted by atomic mass is 35.5. The van der Waals surface area contributed by atoms with Crippen molar-refractivity contribution in [2.24, 2.45) is 0 Å². The number of hydrogen-bond donors (Lipinski definition) is 4. The van der Waals surface area contributed by atoms with Gasteiger partial charge in [-0.15, -0.1) is 0 Å². The van der Waals surface area contributed by atoms with Crippen LogP contribution in [0.2, 0.25) is 5.02 Å². The summed E-state index contributed by atoms with van der Waals surface area (Å²) in [7, 11) is 3.85. The molecule has 4 N–H and O–H groups in total. The lowest BCUT2D eigenvalue weighted by atomic mass is 9.80. The summed E-state index contributed by atoms with van der Waals surface area (Å²) in [5.41, 5.74) is 2.96. The fourth-order valence-electron chi connectivity index (χ4n) is 5.29. The summed E-state index contributed by atoms with van der Waals surface area (Å²) >= 11 is 6.51. The average molecular weight is 587 g/mol. The summed E-state index contributed by atoms with van der Waals surface area (Å²) in [6.45, 7) is 2.71. The first-order valence-electron chi connectivity index (χ1n) is 14.0. The maximum Gasteiger partial charge on any atom is 0.270 e. The molecule has 11 heteroatoms. The maximum absolute atomic E-state index is 13.1. The van der Waals surface area contributed by atoms with E-state index >= 15 is 0 Å². The van der Waals surface area contributed by atoms with Gasteiger partial charge in [0.25, 0.3) is 5.91 Å². The van der Waals surface area contributed by atoms with Crippen LogP contribution in [0.5, 0.6) is 0 Å². The summed E-state index contributed by atoms with van der Waals surface area (Å²) in [5, 5.41) is 10.9. The van der Waals surface area contributed by atoms with Gasteiger partial charge >= 0.3 is 0 Å². The minimum Gasteiger partial charge on any atom is -0.360 e. The number of hydrogen-bond acceptors (Lipinski definition) is 7. The molecule has 0 radical (unpaired) electrons. The average Bonchev–Trinajstić information content (AvgIpc) is 3.38. The lowest BCUT2D eigenvalue weighted by Crippen LogP contribution is -2.51. The molecule has 1 saturated carbocycles. The van der Waals surface area contributed by atoms with Crippen LogP contribution < -0.4 is 16.0 Å². The fraction of sp³-hybridized carbons (Fsp3) is 0.323. The fourth-order valence-corrected chi connectivity index (χ4v) is 5.49. The van der Waals surface area contributed by atoms with Crippen LogP contribution in [-0.4, -0.2) is 68.9 Å². The van der Waals surface area contributed by atoms with Crippen molar-refractivity contribution in [3.63, 3.8) is 0 Å². The summed E-state index contributed by atoms with van der Waals surface area (Å²) in [5.74, 6) is -0.00950. The van der Waals surface area contributed by atoms with Crippen molar-refractivity contribution in [2.75, 3.05) is 31.3 Å². The van der Waals surface area contributed by atoms with Crippen LogP contribution >= 0.6 is 11.6 Å². The van der Waals surface area contributed by atoms with Gasteiger partial charge in [-0.1, -0.05) is 35.9 Å². The van der Waals surface area contributed by atoms with Gasteiger partial charge in [-0.2, -0.15) is 0 Å². The van der Waals surface area contributed by atoms with Gasteiger partial charge in [0, 0.05) is 46.9 Å². The van der Waals surface area contributed by atoms with Crippen LogP contribution in [-0.2, 0) is 4.79 Å². The number of H-pyrrole nitrogens is 1. The van der Waals surface area contributed by atoms with E-state index in [1.807, 2.05) is 56.4 Å². The van der Waals surface area contributed by atoms with Crippen molar-refractivity contribution < 1.29 is 9.59 Å². The Morgan fingerprint density at radius 1 is 1.17 bits per heavy atom. The van der Waals surface area contributed by atoms with Crippen LogP contribution in [0, 0.1) is 0 Å². The molecule has 0 spiro atoms. The van der Waals surface area contributed by atoms with Crippen molar-refractivity contribution in [1.29, 1.82) is 0 Å². The molecule has 1 aromatic carbocycles. The van der Waals surface area contributed by atoms with E-state index in [9.17, 15) is 9.59 Å². The largest absolute Gasteiger partial charge is 0.360 e. The molecule has 0 saturated heterocycles. The number of amides is 2. The van der Waals surface area contributed by atoms with E-state index in [1.165, 1.54) is 12.3 Å². The molecule has 42 heavy (non-hydrogen) atoms. The predicted octanol–water partition coefficient (Wildman–Crippen LogP) is 5.27. The molecule has 1 fully saturated rings. The second-order valence-electron chi connectivity index (χ2n) is 11.2. The Labute approximate surface area is 250 Å². The third-order valence-electron chi connectivity index (χ3n) is 7.32. The highest BCUT2D eigenvalue weighted by Crippen LogP contribution is 2.34. The number of benzene rings is 1. The number of rotatable bonds is 9. The number of aromatic amines is 1. The van der Waals surface area contributed by atoms with E-state index in [4.69, 9.17) is 16.6 Å². The van der Waals surface area contributed by atoms with Crippen LogP contribution in [0.15, 0.2) is 67.1 Å². The number of likely N-dealkylation sites (N-methyl/N-ethyl adjacent to an activating group) is 1. The number of para-hydroxylation sites is 1. The first-order chi connectivity index (χ1) is 20.2. The molecule has 3 heterocycles. The molecular formula is C31H35ClN8O2. The first-order valence-corrected chi connectivity index (χ1v) is 14.3. The molecule has 2 amide bonds. The first kappa shape index (κ1) is 29.2. The summed E-state index contributed by atoms with van der Waals surface area (Å²) < 4.78 is 0. The van der Waals surface area contributed by atoms with Gasteiger partial charge in [-0.25, -0.2) is 15.0 Å². The Kier molecular flexibility index (Phi) is 8.84. The van der Waals surface area contributed by atoms with Crippen molar-refractivity contribution in [1.82, 2.24) is 30.2 Å². The molecule has 3 aromatic heterocycles. The Balaban J connectivity index is 1.21. The van der Waals surface area contributed by atoms with Crippen molar-refractivity contribution in [2.45, 2.75) is 44.2 Å². The van der Waals surface area contributed by atoms with Crippen LogP contribution in [0.3, 0.4) is 0 Å². The van der Waals surface area contributed by atoms with Crippen LogP contribution in [0.4, 0.5) is 11.6 Å². The monoisotopic (exact) mass is 586 g/mol. The molecule has 1 aliphatic carbocycles. The van der Waals surface area contributed by atoms with Gasteiger partial charge in [-0.3, -0.25) is 9.59 Å². The number of carbonyl (C=O) groups excluding carboxylic acids is 2. The summed E-state index contributed by atoms with van der Waals surface area (Å²) in [6, 6.07) is 11.4. The van der Waals surface area contributed by atoms with E-state index in [1.54, 1.807) is 24.4 Å². The molecule has 0 aliphatic heterocycles. The van der Waals surface area contributed by atoms with Gasteiger partial charge in [0.05, 0.1) is 28.8 Å². The molecular weight excluding hydrogens is 552 g/mol. The summed E-state index contributed by atoms with van der Waals surface area (Å²) in [4.78, 5) is 43.9. The normalized spacial score (nSPS) is 18.8. The van der Waals surface area contributed by atoms with E-state index < -0.39 is 5.54 Å². The molecule has 5 rings (SSSR count). The van der Waals surface area contributed by atoms with Crippen molar-refractivity contribution in [3.05, 3.63) is 77.9 Å². The quantitative estimate of drug-likeness (QED) is 0.197. The minimum absolute atomic E-state index is 0.0622. The Morgan fingerprint density at radius 2 is 2.00 bits per heavy atom. The third-order valence-corrected chi connectivity index (χ3v) is 7.60. The maximum atomic E-state index is 13.1. The Morgan fingerprint density at radius 3 is 2.79 bits per heavy atom. The smallest absolute Gasteiger partial charge is 0.270 e. The molecule has 4 aromatic rings. The number of pyridine rings is 1. The third kappa shape index (κ3) is 7.13. The number of anilines is 2. The van der Waals surface area contributed by atoms with Crippen LogP contribution in [0.25, 0.3) is 22.2 Å². The Bertz CT molecular complexity index is 1600. The Hall–Kier alpha value is -4.28. The van der Waals surface area contributed by atoms with E-state index in [0.717, 1.165) is 35.7 Å². The second kappa shape index (κ2) is 12.7. The molecule has 218 valence electrons. The molecule has 1 aliphatic rings. The topological polar surface area (TPSA) is 128 Å². The van der Waals surface area contributed by atoms with E-state index in [0.29, 0.717) is 35.3 Å². The van der Waals surface area contributed by atoms with Crippen molar-refractivity contribution >= 4 is 46.0 Å². The molecule has 10 nitrogen and oxygen atoms in total. The molecule has 1 unspecified atom stereocenters. The zero-order chi connectivity index (χ0) is 29.7. The van der Waals surface area contributed by atoms with E-state index in [2.05, 4.69) is 30.9 Å². The minimum atomic E-state index is -0.440. The van der Waals surface area contributed by atoms with Gasteiger partial charge in [-0.05, 0) is 64.9 Å². The number of carbonyl (C=O) groups is 2. The number of nitrogens with one attached hydrogen (secondary N) is 4. The van der Waals surface area contributed by atoms with E-state index in [-0.39, 0.29) is 23.6 Å². The number of aromatic nitrogens is 4. The SMILES string of the molecule is CN(C)C/C=C\C(=O)Nc1ccc(C(=O)N[C@@]2(C)CCCC(Nc3ncc(Cl)c(-c4c[nH]c5ccccc45)n3)C2)nc1. The number of fused-ring (bicyclic) bond motifs is 1. The highest BCUT2D eigenvalue weighted by Gasteiger charge is 2.34.